The van der Waals surface area contributed by atoms with Crippen molar-refractivity contribution in [1.29, 1.82) is 0 Å². The average Bonchev–Trinajstić information content (AvgIpc) is 0.688. The molecule has 11 aromatic carbocycles. The van der Waals surface area contributed by atoms with Crippen LogP contribution in [0.15, 0.2) is 337 Å². The molecule has 4 heterocycles. The molecule has 11 aromatic rings. The highest BCUT2D eigenvalue weighted by atomic mass is 32.2. The van der Waals surface area contributed by atoms with E-state index in [1.165, 1.54) is 130 Å². The van der Waals surface area contributed by atoms with E-state index in [1.807, 2.05) is 11.8 Å². The molecule has 106 heavy (non-hydrogen) atoms. The van der Waals surface area contributed by atoms with Crippen LogP contribution in [-0.2, 0) is 10.8 Å². The molecule has 1 saturated carbocycles. The van der Waals surface area contributed by atoms with Crippen molar-refractivity contribution in [2.24, 2.45) is 0 Å². The molecule has 8 aliphatic rings. The van der Waals surface area contributed by atoms with E-state index < -0.39 is 0 Å². The number of nitrogens with zero attached hydrogens (tertiary/aromatic N) is 4. The molecule has 6 atom stereocenters. The van der Waals surface area contributed by atoms with E-state index in [0.717, 1.165) is 54.2 Å². The van der Waals surface area contributed by atoms with Gasteiger partial charge in [-0.25, -0.2) is 0 Å². The Labute approximate surface area is 632 Å². The first kappa shape index (κ1) is 66.3. The third-order valence-electron chi connectivity index (χ3n) is 24.4. The maximum absolute atomic E-state index is 7.41. The summed E-state index contributed by atoms with van der Waals surface area (Å²) >= 11 is 2.05. The largest absolute Gasteiger partial charge is 0.458 e. The lowest BCUT2D eigenvalue weighted by atomic mass is 9.22. The molecular weight excluding hydrogens is 1300 g/mol. The van der Waals surface area contributed by atoms with E-state index >= 15 is 0 Å². The Morgan fingerprint density at radius 2 is 1.03 bits per heavy atom. The molecule has 19 rings (SSSR count). The Morgan fingerprint density at radius 1 is 0.472 bits per heavy atom. The second-order valence-corrected chi connectivity index (χ2v) is 34.0. The van der Waals surface area contributed by atoms with Crippen LogP contribution < -0.4 is 35.3 Å². The molecule has 3 fully saturated rings. The van der Waals surface area contributed by atoms with Gasteiger partial charge < -0.3 is 24.3 Å². The van der Waals surface area contributed by atoms with Gasteiger partial charge in [0.05, 0.1) is 17.4 Å². The number of rotatable bonds is 12. The van der Waals surface area contributed by atoms with Crippen LogP contribution in [0.4, 0.5) is 34.1 Å². The van der Waals surface area contributed by atoms with Crippen LogP contribution in [0.5, 0.6) is 11.5 Å². The SMILES string of the molecule is CC(C)(C)c1ccc(-c2cccc(-c3ccc(C(C)(C)C)cc3)c2N2C3=CC4Sc5cc(N(c6ccc(-c7ccccc7)cc6)c6ccc(-c7ccccc7)cc6)cc6c5B(c5ccccc5O6)C4C=C3B3C4C=CCCC4N(c4ccccc4)C4=CC(N(c5ccccc5)C5CCCCC5)=CC2C34)cc1. The van der Waals surface area contributed by atoms with Crippen LogP contribution >= 0.6 is 11.8 Å². The van der Waals surface area contributed by atoms with Crippen LogP contribution in [0.25, 0.3) is 44.5 Å². The molecule has 0 amide bonds. The third kappa shape index (κ3) is 11.7. The van der Waals surface area contributed by atoms with Gasteiger partial charge in [0, 0.05) is 85.1 Å². The second-order valence-electron chi connectivity index (χ2n) is 32.8. The highest BCUT2D eigenvalue weighted by Gasteiger charge is 2.60. The number of benzene rings is 11. The van der Waals surface area contributed by atoms with E-state index in [-0.39, 0.29) is 59.0 Å². The molecule has 0 bridgehead atoms. The molecule has 0 aromatic heterocycles. The molecule has 520 valence electrons. The van der Waals surface area contributed by atoms with Crippen LogP contribution in [-0.4, -0.2) is 36.8 Å². The van der Waals surface area contributed by atoms with Gasteiger partial charge in [0.1, 0.15) is 11.5 Å². The standard InChI is InChI=1S/C98H90B2N4OS/c1-97(2,3)71-51-43-69(44-52-71)80-37-26-38-81(70-45-53-72(54-46-70)98(4,5)6)96(80)104-87-64-92-85(63-84(87)99-82-39-22-24-41-86(82)103(75-35-20-11-21-36-75)88-59-78(60-89(104)94(88)99)101(73-31-16-9-17-32-73)74-33-18-10-19-34-74)100-83-40-23-25-42-90(83)105-91-61-79(62-93(106-92)95(91)100)102(76-55-47-67(48-56-76)65-27-12-7-13-28-65)77-57-49-68(50-58-77)66-29-14-8-15-30-66/h7-9,11-17,20-23,25-32,35-40,42-64,74,82,85-86,89,92,94H,10,18-19,24,33-34,41H2,1-6H3. The van der Waals surface area contributed by atoms with Crippen LogP contribution in [0.2, 0.25) is 17.5 Å². The average molecular weight is 1390 g/mol. The van der Waals surface area contributed by atoms with Gasteiger partial charge in [-0.2, -0.15) is 0 Å². The highest BCUT2D eigenvalue weighted by molar-refractivity contribution is 8.00. The Balaban J connectivity index is 0.863. The molecule has 0 radical (unpaired) electrons. The van der Waals surface area contributed by atoms with Gasteiger partial charge in [-0.15, -0.1) is 11.8 Å². The van der Waals surface area contributed by atoms with Crippen molar-refractivity contribution in [1.82, 2.24) is 0 Å². The third-order valence-corrected chi connectivity index (χ3v) is 25.7. The van der Waals surface area contributed by atoms with Crippen molar-refractivity contribution in [2.45, 2.75) is 143 Å². The molecule has 4 aliphatic heterocycles. The van der Waals surface area contributed by atoms with Crippen LogP contribution in [0, 0.1) is 0 Å². The zero-order chi connectivity index (χ0) is 71.4. The van der Waals surface area contributed by atoms with Crippen molar-refractivity contribution >= 4 is 70.2 Å². The minimum absolute atomic E-state index is 0.0155. The normalized spacial score (nSPS) is 20.6. The smallest absolute Gasteiger partial charge is 0.228 e. The summed E-state index contributed by atoms with van der Waals surface area (Å²) < 4.78 is 7.41. The van der Waals surface area contributed by atoms with Gasteiger partial charge >= 0.3 is 0 Å². The first-order valence-electron chi connectivity index (χ1n) is 38.9. The van der Waals surface area contributed by atoms with E-state index in [2.05, 4.69) is 371 Å². The lowest BCUT2D eigenvalue weighted by Gasteiger charge is -2.61. The summed E-state index contributed by atoms with van der Waals surface area (Å²) in [7, 11) is 0. The number of hydrogen-bond acceptors (Lipinski definition) is 6. The van der Waals surface area contributed by atoms with Crippen molar-refractivity contribution in [3.05, 3.63) is 343 Å². The quantitative estimate of drug-likeness (QED) is 0.0892. The van der Waals surface area contributed by atoms with Crippen LogP contribution in [0.3, 0.4) is 0 Å². The number of para-hydroxylation sites is 4. The topological polar surface area (TPSA) is 22.2 Å². The van der Waals surface area contributed by atoms with Crippen molar-refractivity contribution in [2.75, 3.05) is 19.6 Å². The fourth-order valence-corrected chi connectivity index (χ4v) is 20.8. The number of allylic oxidation sites excluding steroid dienone is 4. The molecular formula is C98H90B2N4OS. The Bertz CT molecular complexity index is 5130. The minimum Gasteiger partial charge on any atom is -0.458 e. The number of hydrogen-bond donors (Lipinski definition) is 0. The summed E-state index contributed by atoms with van der Waals surface area (Å²) in [5.74, 6) is 2.26. The molecule has 0 N–H and O–H groups in total. The van der Waals surface area contributed by atoms with Gasteiger partial charge in [-0.05, 0) is 182 Å². The Kier molecular flexibility index (Phi) is 16.8. The van der Waals surface area contributed by atoms with Crippen molar-refractivity contribution in [3.63, 3.8) is 0 Å². The zero-order valence-corrected chi connectivity index (χ0v) is 62.5. The van der Waals surface area contributed by atoms with Crippen molar-refractivity contribution < 1.29 is 4.74 Å². The Morgan fingerprint density at radius 3 is 1.63 bits per heavy atom. The van der Waals surface area contributed by atoms with Gasteiger partial charge in [0.15, 0.2) is 6.71 Å². The predicted octanol–water partition coefficient (Wildman–Crippen LogP) is 24.3. The monoisotopic (exact) mass is 1390 g/mol. The highest BCUT2D eigenvalue weighted by Crippen LogP contribution is 2.63. The summed E-state index contributed by atoms with van der Waals surface area (Å²) in [6, 6.07) is 104. The predicted molar refractivity (Wildman–Crippen MR) is 450 cm³/mol. The molecule has 0 spiro atoms. The first-order valence-corrected chi connectivity index (χ1v) is 39.8. The summed E-state index contributed by atoms with van der Waals surface area (Å²) in [6.07, 6.45) is 24.6. The van der Waals surface area contributed by atoms with Gasteiger partial charge in [0.25, 0.3) is 0 Å². The van der Waals surface area contributed by atoms with E-state index in [0.29, 0.717) is 6.04 Å². The maximum Gasteiger partial charge on any atom is 0.228 e. The number of fused-ring (bicyclic) bond motifs is 8. The summed E-state index contributed by atoms with van der Waals surface area (Å²) in [4.78, 5) is 12.3. The molecule has 4 aliphatic carbocycles. The van der Waals surface area contributed by atoms with E-state index in [4.69, 9.17) is 4.74 Å². The molecule has 5 nitrogen and oxygen atoms in total. The number of ether oxygens (including phenoxy) is 1. The molecule has 6 unspecified atom stereocenters. The number of anilines is 6. The molecule has 2 saturated heterocycles. The lowest BCUT2D eigenvalue weighted by molar-refractivity contribution is 0.428. The van der Waals surface area contributed by atoms with Gasteiger partial charge in [-0.1, -0.05) is 291 Å². The fraction of sp³-hybridized carbons (Fsp3) is 0.224. The summed E-state index contributed by atoms with van der Waals surface area (Å²) in [5, 5.41) is 0.0354. The van der Waals surface area contributed by atoms with Gasteiger partial charge in [0.2, 0.25) is 6.71 Å². The second kappa shape index (κ2) is 26.9. The van der Waals surface area contributed by atoms with Crippen LogP contribution in [0.1, 0.15) is 97.6 Å². The minimum atomic E-state index is -0.113. The Hall–Kier alpha value is -10.4. The number of thioether (sulfide) groups is 1. The lowest BCUT2D eigenvalue weighted by Crippen LogP contribution is -2.63. The summed E-state index contributed by atoms with van der Waals surface area (Å²) in [5.41, 5.74) is 27.5. The van der Waals surface area contributed by atoms with Gasteiger partial charge in [-0.3, -0.25) is 0 Å². The molecule has 8 heteroatoms. The van der Waals surface area contributed by atoms with E-state index in [1.54, 1.807) is 0 Å². The first-order chi connectivity index (χ1) is 51.8. The fourth-order valence-electron chi connectivity index (χ4n) is 19.3. The maximum atomic E-state index is 7.41. The van der Waals surface area contributed by atoms with E-state index in [9.17, 15) is 0 Å². The van der Waals surface area contributed by atoms with Crippen molar-refractivity contribution in [3.8, 4) is 56.0 Å². The summed E-state index contributed by atoms with van der Waals surface area (Å²) in [6.45, 7) is 14.2. The zero-order valence-electron chi connectivity index (χ0n) is 61.7.